The zero-order valence-corrected chi connectivity index (χ0v) is 30.9. The third-order valence-corrected chi connectivity index (χ3v) is 11.8. The largest absolute Gasteiger partial charge is 0.456 e. The van der Waals surface area contributed by atoms with E-state index < -0.39 is 0 Å². The standard InChI is InChI=1S/C54H34N2O/c1-2-11-35(12-3-1)36-23-29-39(30-24-36)55(40-31-25-37(26-32-40)42-15-10-22-51-52(42)48-14-5-7-21-50(48)57-51)41-33-27-38(28-34-41)43-16-8-18-46-47-19-9-17-45-44-13-4-6-20-49(44)56(53(43)46)54(45)47/h1-34H. The second-order valence-corrected chi connectivity index (χ2v) is 14.9. The summed E-state index contributed by atoms with van der Waals surface area (Å²) >= 11 is 0. The Labute approximate surface area is 329 Å². The molecule has 0 aliphatic rings. The van der Waals surface area contributed by atoms with Crippen LogP contribution in [0.2, 0.25) is 0 Å². The summed E-state index contributed by atoms with van der Waals surface area (Å²) in [6.45, 7) is 0. The van der Waals surface area contributed by atoms with Crippen LogP contribution in [0.3, 0.4) is 0 Å². The molecule has 0 unspecified atom stereocenters. The number of para-hydroxylation sites is 4. The minimum Gasteiger partial charge on any atom is -0.456 e. The smallest absolute Gasteiger partial charge is 0.136 e. The van der Waals surface area contributed by atoms with Crippen molar-refractivity contribution in [3.05, 3.63) is 206 Å². The van der Waals surface area contributed by atoms with Crippen molar-refractivity contribution in [1.82, 2.24) is 4.40 Å². The first-order chi connectivity index (χ1) is 28.3. The van der Waals surface area contributed by atoms with E-state index in [1.54, 1.807) is 0 Å². The van der Waals surface area contributed by atoms with Gasteiger partial charge in [-0.25, -0.2) is 0 Å². The van der Waals surface area contributed by atoms with E-state index >= 15 is 0 Å². The molecule has 0 atom stereocenters. The summed E-state index contributed by atoms with van der Waals surface area (Å²) in [4.78, 5) is 2.35. The van der Waals surface area contributed by atoms with Crippen molar-refractivity contribution in [1.29, 1.82) is 0 Å². The van der Waals surface area contributed by atoms with E-state index in [2.05, 4.69) is 203 Å². The fourth-order valence-corrected chi connectivity index (χ4v) is 9.18. The Bertz CT molecular complexity index is 3430. The maximum absolute atomic E-state index is 6.24. The summed E-state index contributed by atoms with van der Waals surface area (Å²) in [6, 6.07) is 74.3. The highest BCUT2D eigenvalue weighted by atomic mass is 16.3. The lowest BCUT2D eigenvalue weighted by Gasteiger charge is -2.26. The summed E-state index contributed by atoms with van der Waals surface area (Å²) in [5.41, 5.74) is 16.0. The maximum atomic E-state index is 6.24. The molecule has 0 N–H and O–H groups in total. The quantitative estimate of drug-likeness (QED) is 0.170. The number of furan rings is 1. The van der Waals surface area contributed by atoms with Crippen molar-refractivity contribution in [3.63, 3.8) is 0 Å². The number of aromatic nitrogens is 1. The summed E-state index contributed by atoms with van der Waals surface area (Å²) < 4.78 is 8.72. The molecule has 0 radical (unpaired) electrons. The van der Waals surface area contributed by atoms with Crippen molar-refractivity contribution >= 4 is 77.1 Å². The summed E-state index contributed by atoms with van der Waals surface area (Å²) in [7, 11) is 0. The average molecular weight is 727 g/mol. The SMILES string of the molecule is c1ccc(-c2ccc(N(c3ccc(-c4cccc5oc6ccccc6c45)cc3)c3ccc(-c4cccc5c6cccc7c8ccccc8n(c45)c76)cc3)cc2)cc1. The minimum absolute atomic E-state index is 0.903. The molecule has 3 heterocycles. The van der Waals surface area contributed by atoms with Crippen molar-refractivity contribution in [2.45, 2.75) is 0 Å². The Morgan fingerprint density at radius 3 is 1.51 bits per heavy atom. The molecule has 266 valence electrons. The first-order valence-corrected chi connectivity index (χ1v) is 19.5. The van der Waals surface area contributed by atoms with Gasteiger partial charge in [0.1, 0.15) is 11.2 Å². The fourth-order valence-electron chi connectivity index (χ4n) is 9.18. The highest BCUT2D eigenvalue weighted by molar-refractivity contribution is 6.25. The van der Waals surface area contributed by atoms with Crippen molar-refractivity contribution in [2.75, 3.05) is 4.90 Å². The fraction of sp³-hybridized carbons (Fsp3) is 0. The summed E-state index contributed by atoms with van der Waals surface area (Å²) in [5.74, 6) is 0. The molecule has 0 aliphatic heterocycles. The van der Waals surface area contributed by atoms with Gasteiger partial charge in [-0.3, -0.25) is 0 Å². The van der Waals surface area contributed by atoms with Crippen LogP contribution < -0.4 is 4.90 Å². The lowest BCUT2D eigenvalue weighted by Crippen LogP contribution is -2.09. The van der Waals surface area contributed by atoms with Gasteiger partial charge in [-0.05, 0) is 82.4 Å². The molecule has 12 rings (SSSR count). The number of benzene rings is 9. The third-order valence-electron chi connectivity index (χ3n) is 11.8. The molecule has 3 nitrogen and oxygen atoms in total. The normalized spacial score (nSPS) is 11.9. The van der Waals surface area contributed by atoms with Crippen LogP contribution in [0.25, 0.3) is 93.4 Å². The van der Waals surface area contributed by atoms with Crippen molar-refractivity contribution < 1.29 is 4.42 Å². The highest BCUT2D eigenvalue weighted by Gasteiger charge is 2.20. The molecule has 3 heteroatoms. The molecule has 12 aromatic rings. The lowest BCUT2D eigenvalue weighted by atomic mass is 9.98. The Kier molecular flexibility index (Phi) is 6.93. The van der Waals surface area contributed by atoms with Crippen LogP contribution in [0, 0.1) is 0 Å². The number of anilines is 3. The van der Waals surface area contributed by atoms with Gasteiger partial charge >= 0.3 is 0 Å². The Hall–Kier alpha value is -7.62. The molecule has 0 fully saturated rings. The molecule has 9 aromatic carbocycles. The second kappa shape index (κ2) is 12.5. The molecule has 0 bridgehead atoms. The third kappa shape index (κ3) is 4.86. The van der Waals surface area contributed by atoms with Crippen LogP contribution in [0.15, 0.2) is 211 Å². The second-order valence-electron chi connectivity index (χ2n) is 14.9. The van der Waals surface area contributed by atoms with Crippen LogP contribution in [-0.4, -0.2) is 4.40 Å². The van der Waals surface area contributed by atoms with Crippen LogP contribution in [0.1, 0.15) is 0 Å². The Morgan fingerprint density at radius 1 is 0.316 bits per heavy atom. The average Bonchev–Trinajstić information content (AvgIpc) is 3.95. The Balaban J connectivity index is 0.984. The zero-order valence-electron chi connectivity index (χ0n) is 30.9. The molecule has 3 aromatic heterocycles. The van der Waals surface area contributed by atoms with Crippen LogP contribution in [0.5, 0.6) is 0 Å². The summed E-state index contributed by atoms with van der Waals surface area (Å²) in [6.07, 6.45) is 0. The zero-order chi connectivity index (χ0) is 37.5. The van der Waals surface area contributed by atoms with Gasteiger partial charge in [0.25, 0.3) is 0 Å². The minimum atomic E-state index is 0.903. The van der Waals surface area contributed by atoms with Gasteiger partial charge in [0.05, 0.1) is 16.6 Å². The first-order valence-electron chi connectivity index (χ1n) is 19.5. The lowest BCUT2D eigenvalue weighted by molar-refractivity contribution is 0.669. The van der Waals surface area contributed by atoms with E-state index in [1.807, 2.05) is 12.1 Å². The van der Waals surface area contributed by atoms with E-state index in [1.165, 1.54) is 60.3 Å². The van der Waals surface area contributed by atoms with Crippen molar-refractivity contribution in [2.24, 2.45) is 0 Å². The Morgan fingerprint density at radius 2 is 0.789 bits per heavy atom. The van der Waals surface area contributed by atoms with Crippen LogP contribution in [0.4, 0.5) is 17.1 Å². The van der Waals surface area contributed by atoms with Gasteiger partial charge in [0.15, 0.2) is 0 Å². The molecule has 0 saturated carbocycles. The molecular formula is C54H34N2O. The highest BCUT2D eigenvalue weighted by Crippen LogP contribution is 2.44. The van der Waals surface area contributed by atoms with Gasteiger partial charge in [-0.1, -0.05) is 152 Å². The van der Waals surface area contributed by atoms with E-state index in [4.69, 9.17) is 4.42 Å². The molecule has 57 heavy (non-hydrogen) atoms. The van der Waals surface area contributed by atoms with Crippen LogP contribution in [-0.2, 0) is 0 Å². The predicted molar refractivity (Wildman–Crippen MR) is 239 cm³/mol. The number of rotatable bonds is 6. The molecule has 0 aliphatic carbocycles. The van der Waals surface area contributed by atoms with Crippen molar-refractivity contribution in [3.8, 4) is 33.4 Å². The van der Waals surface area contributed by atoms with E-state index in [9.17, 15) is 0 Å². The van der Waals surface area contributed by atoms with E-state index in [0.29, 0.717) is 0 Å². The van der Waals surface area contributed by atoms with E-state index in [0.717, 1.165) is 50.1 Å². The molecule has 0 amide bonds. The number of hydrogen-bond acceptors (Lipinski definition) is 2. The predicted octanol–water partition coefficient (Wildman–Crippen LogP) is 15.2. The monoisotopic (exact) mass is 726 g/mol. The molecule has 0 saturated heterocycles. The molecular weight excluding hydrogens is 693 g/mol. The van der Waals surface area contributed by atoms with Crippen LogP contribution >= 0.6 is 0 Å². The van der Waals surface area contributed by atoms with Gasteiger partial charge in [-0.2, -0.15) is 0 Å². The summed E-state index contributed by atoms with van der Waals surface area (Å²) in [5, 5.41) is 7.45. The van der Waals surface area contributed by atoms with Gasteiger partial charge in [-0.15, -0.1) is 0 Å². The van der Waals surface area contributed by atoms with Gasteiger partial charge < -0.3 is 13.7 Å². The maximum Gasteiger partial charge on any atom is 0.136 e. The first kappa shape index (κ1) is 31.7. The van der Waals surface area contributed by atoms with E-state index in [-0.39, 0.29) is 0 Å². The molecule has 0 spiro atoms. The number of nitrogens with zero attached hydrogens (tertiary/aromatic N) is 2. The van der Waals surface area contributed by atoms with Gasteiger partial charge in [0.2, 0.25) is 0 Å². The van der Waals surface area contributed by atoms with Gasteiger partial charge in [0, 0.05) is 54.9 Å². The topological polar surface area (TPSA) is 20.8 Å². The number of fused-ring (bicyclic) bond motifs is 9. The number of hydrogen-bond donors (Lipinski definition) is 0.